The minimum atomic E-state index is -0.322. The first-order chi connectivity index (χ1) is 15.1. The largest absolute Gasteiger partial charge is 0.495 e. The van der Waals surface area contributed by atoms with E-state index in [0.717, 1.165) is 5.56 Å². The van der Waals surface area contributed by atoms with Gasteiger partial charge in [-0.05, 0) is 54.6 Å². The number of benzene rings is 3. The Balaban J connectivity index is 1.52. The summed E-state index contributed by atoms with van der Waals surface area (Å²) in [6.07, 6.45) is 1.37. The molecule has 0 spiro atoms. The summed E-state index contributed by atoms with van der Waals surface area (Å²) in [5, 5.41) is 2.83. The second-order valence-corrected chi connectivity index (χ2v) is 6.53. The number of carbonyl (C=O) groups is 1. The van der Waals surface area contributed by atoms with E-state index in [-0.39, 0.29) is 11.7 Å². The molecule has 0 atom stereocenters. The average Bonchev–Trinajstić information content (AvgIpc) is 2.80. The maximum atomic E-state index is 13.2. The summed E-state index contributed by atoms with van der Waals surface area (Å²) >= 11 is 0. The molecule has 31 heavy (non-hydrogen) atoms. The fourth-order valence-electron chi connectivity index (χ4n) is 2.94. The molecule has 4 rings (SSSR count). The molecule has 6 nitrogen and oxygen atoms in total. The van der Waals surface area contributed by atoms with E-state index in [9.17, 15) is 9.18 Å². The topological polar surface area (TPSA) is 73.3 Å². The number of nitrogens with zero attached hydrogens (tertiary/aromatic N) is 2. The molecule has 4 aromatic rings. The summed E-state index contributed by atoms with van der Waals surface area (Å²) < 4.78 is 24.2. The summed E-state index contributed by atoms with van der Waals surface area (Å²) in [6.45, 7) is 0. The van der Waals surface area contributed by atoms with E-state index in [1.807, 2.05) is 12.1 Å². The third-order valence-electron chi connectivity index (χ3n) is 4.46. The fourth-order valence-corrected chi connectivity index (χ4v) is 2.94. The zero-order valence-electron chi connectivity index (χ0n) is 16.6. The number of anilines is 1. The Hall–Kier alpha value is -4.26. The number of rotatable bonds is 6. The summed E-state index contributed by atoms with van der Waals surface area (Å²) in [5.74, 6) is 0.688. The molecule has 1 heterocycles. The van der Waals surface area contributed by atoms with Crippen LogP contribution in [-0.4, -0.2) is 23.0 Å². The highest BCUT2D eigenvalue weighted by Gasteiger charge is 2.11. The molecule has 1 amide bonds. The van der Waals surface area contributed by atoms with Gasteiger partial charge in [-0.25, -0.2) is 14.4 Å². The second-order valence-electron chi connectivity index (χ2n) is 6.53. The highest BCUT2D eigenvalue weighted by molar-refractivity contribution is 6.05. The highest BCUT2D eigenvalue weighted by atomic mass is 19.1. The van der Waals surface area contributed by atoms with Crippen molar-refractivity contribution in [2.24, 2.45) is 0 Å². The first-order valence-corrected chi connectivity index (χ1v) is 9.42. The molecule has 1 aromatic heterocycles. The summed E-state index contributed by atoms with van der Waals surface area (Å²) in [5.41, 5.74) is 2.31. The lowest BCUT2D eigenvalue weighted by Crippen LogP contribution is -2.12. The molecule has 0 fully saturated rings. The molecule has 0 unspecified atom stereocenters. The molecule has 7 heteroatoms. The highest BCUT2D eigenvalue weighted by Crippen LogP contribution is 2.26. The SMILES string of the molecule is COc1ccccc1NC(=O)c1cccc(Oc2cc(-c3ccc(F)cc3)ncn2)c1. The molecule has 3 aromatic carbocycles. The van der Waals surface area contributed by atoms with Gasteiger partial charge < -0.3 is 14.8 Å². The Kier molecular flexibility index (Phi) is 5.84. The third-order valence-corrected chi connectivity index (χ3v) is 4.46. The van der Waals surface area contributed by atoms with E-state index in [1.165, 1.54) is 18.5 Å². The number of methoxy groups -OCH3 is 1. The maximum Gasteiger partial charge on any atom is 0.255 e. The molecule has 0 radical (unpaired) electrons. The molecule has 0 saturated carbocycles. The van der Waals surface area contributed by atoms with Crippen LogP contribution < -0.4 is 14.8 Å². The van der Waals surface area contributed by atoms with Gasteiger partial charge in [-0.2, -0.15) is 0 Å². The number of aromatic nitrogens is 2. The zero-order chi connectivity index (χ0) is 21.6. The lowest BCUT2D eigenvalue weighted by atomic mass is 10.1. The van der Waals surface area contributed by atoms with Crippen LogP contribution in [0.2, 0.25) is 0 Å². The first-order valence-electron chi connectivity index (χ1n) is 9.42. The number of hydrogen-bond donors (Lipinski definition) is 1. The Morgan fingerprint density at radius 2 is 1.74 bits per heavy atom. The van der Waals surface area contributed by atoms with Crippen molar-refractivity contribution >= 4 is 11.6 Å². The predicted octanol–water partition coefficient (Wildman–Crippen LogP) is 5.34. The Morgan fingerprint density at radius 1 is 0.935 bits per heavy atom. The Bertz CT molecular complexity index is 1210. The van der Waals surface area contributed by atoms with Crippen LogP contribution in [0.3, 0.4) is 0 Å². The van der Waals surface area contributed by atoms with Crippen molar-refractivity contribution in [1.82, 2.24) is 9.97 Å². The molecule has 0 aliphatic heterocycles. The van der Waals surface area contributed by atoms with Gasteiger partial charge in [-0.1, -0.05) is 18.2 Å². The number of carbonyl (C=O) groups excluding carboxylic acids is 1. The molecular formula is C24H18FN3O3. The molecule has 0 saturated heterocycles. The second kappa shape index (κ2) is 9.04. The summed E-state index contributed by atoms with van der Waals surface area (Å²) in [4.78, 5) is 21.0. The van der Waals surface area contributed by atoms with Crippen molar-refractivity contribution < 1.29 is 18.7 Å². The predicted molar refractivity (Wildman–Crippen MR) is 115 cm³/mol. The van der Waals surface area contributed by atoms with E-state index in [2.05, 4.69) is 15.3 Å². The molecule has 0 aliphatic carbocycles. The maximum absolute atomic E-state index is 13.2. The number of amides is 1. The number of nitrogens with one attached hydrogen (secondary N) is 1. The third kappa shape index (κ3) is 4.84. The van der Waals surface area contributed by atoms with Gasteiger partial charge in [0.2, 0.25) is 5.88 Å². The smallest absolute Gasteiger partial charge is 0.255 e. The first kappa shape index (κ1) is 20.0. The van der Waals surface area contributed by atoms with Gasteiger partial charge in [0.1, 0.15) is 23.6 Å². The van der Waals surface area contributed by atoms with Gasteiger partial charge in [0.25, 0.3) is 5.91 Å². The van der Waals surface area contributed by atoms with Gasteiger partial charge in [-0.15, -0.1) is 0 Å². The van der Waals surface area contributed by atoms with Crippen LogP contribution in [0.25, 0.3) is 11.3 Å². The molecular weight excluding hydrogens is 397 g/mol. The molecule has 0 bridgehead atoms. The minimum absolute atomic E-state index is 0.301. The summed E-state index contributed by atoms with van der Waals surface area (Å²) in [6, 6.07) is 21.5. The fraction of sp³-hybridized carbons (Fsp3) is 0.0417. The lowest BCUT2D eigenvalue weighted by molar-refractivity contribution is 0.102. The van der Waals surface area contributed by atoms with E-state index in [1.54, 1.807) is 61.7 Å². The number of hydrogen-bond acceptors (Lipinski definition) is 5. The van der Waals surface area contributed by atoms with E-state index >= 15 is 0 Å². The van der Waals surface area contributed by atoms with Crippen molar-refractivity contribution in [3.05, 3.63) is 96.6 Å². The minimum Gasteiger partial charge on any atom is -0.495 e. The Morgan fingerprint density at radius 3 is 2.55 bits per heavy atom. The average molecular weight is 415 g/mol. The van der Waals surface area contributed by atoms with Crippen molar-refractivity contribution in [2.75, 3.05) is 12.4 Å². The molecule has 1 N–H and O–H groups in total. The van der Waals surface area contributed by atoms with Gasteiger partial charge in [-0.3, -0.25) is 4.79 Å². The molecule has 154 valence electrons. The van der Waals surface area contributed by atoms with Crippen LogP contribution in [-0.2, 0) is 0 Å². The van der Waals surface area contributed by atoms with Crippen LogP contribution in [0.4, 0.5) is 10.1 Å². The Labute approximate surface area is 178 Å². The normalized spacial score (nSPS) is 10.4. The van der Waals surface area contributed by atoms with E-state index in [0.29, 0.717) is 34.3 Å². The number of halogens is 1. The van der Waals surface area contributed by atoms with Crippen LogP contribution in [0, 0.1) is 5.82 Å². The van der Waals surface area contributed by atoms with Crippen molar-refractivity contribution in [1.29, 1.82) is 0 Å². The number of para-hydroxylation sites is 2. The van der Waals surface area contributed by atoms with Crippen molar-refractivity contribution in [2.45, 2.75) is 0 Å². The van der Waals surface area contributed by atoms with Gasteiger partial charge in [0, 0.05) is 17.2 Å². The van der Waals surface area contributed by atoms with E-state index < -0.39 is 0 Å². The monoisotopic (exact) mass is 415 g/mol. The van der Waals surface area contributed by atoms with E-state index in [4.69, 9.17) is 9.47 Å². The van der Waals surface area contributed by atoms with Gasteiger partial charge in [0.15, 0.2) is 0 Å². The van der Waals surface area contributed by atoms with Crippen molar-refractivity contribution in [3.8, 4) is 28.6 Å². The van der Waals surface area contributed by atoms with Crippen LogP contribution in [0.15, 0.2) is 85.2 Å². The molecule has 0 aliphatic rings. The standard InChI is InChI=1S/C24H18FN3O3/c1-30-22-8-3-2-7-20(22)28-24(29)17-5-4-6-19(13-17)31-23-14-21(26-15-27-23)16-9-11-18(25)12-10-16/h2-15H,1H3,(H,28,29). The van der Waals surface area contributed by atoms with Crippen LogP contribution in [0.5, 0.6) is 17.4 Å². The quantitative estimate of drug-likeness (QED) is 0.460. The number of ether oxygens (including phenoxy) is 2. The van der Waals surface area contributed by atoms with Crippen LogP contribution in [0.1, 0.15) is 10.4 Å². The summed E-state index contributed by atoms with van der Waals surface area (Å²) in [7, 11) is 1.54. The van der Waals surface area contributed by atoms with Crippen LogP contribution >= 0.6 is 0 Å². The zero-order valence-corrected chi connectivity index (χ0v) is 16.6. The lowest BCUT2D eigenvalue weighted by Gasteiger charge is -2.11. The van der Waals surface area contributed by atoms with Gasteiger partial charge >= 0.3 is 0 Å². The van der Waals surface area contributed by atoms with Crippen molar-refractivity contribution in [3.63, 3.8) is 0 Å². The van der Waals surface area contributed by atoms with Gasteiger partial charge in [0.05, 0.1) is 18.5 Å².